The van der Waals surface area contributed by atoms with E-state index in [1.807, 2.05) is 0 Å². The molecule has 2 N–H and O–H groups in total. The van der Waals surface area contributed by atoms with Gasteiger partial charge >= 0.3 is 6.43 Å². The summed E-state index contributed by atoms with van der Waals surface area (Å²) in [6.07, 6.45) is -0.845. The molecule has 0 aromatic carbocycles. The summed E-state index contributed by atoms with van der Waals surface area (Å²) in [6, 6.07) is 0. The predicted molar refractivity (Wildman–Crippen MR) is 44.6 cm³/mol. The second-order valence-electron chi connectivity index (χ2n) is 3.26. The lowest BCUT2D eigenvalue weighted by atomic mass is 10.00. The lowest BCUT2D eigenvalue weighted by Crippen LogP contribution is -2.39. The summed E-state index contributed by atoms with van der Waals surface area (Å²) in [5.74, 6) is -0.859. The van der Waals surface area contributed by atoms with E-state index in [1.54, 1.807) is 0 Å². The molecule has 1 amide bonds. The Morgan fingerprint density at radius 1 is 1.62 bits per heavy atom. The van der Waals surface area contributed by atoms with Crippen LogP contribution in [0.5, 0.6) is 0 Å². The maximum Gasteiger partial charge on any atom is 0.315 e. The molecule has 0 bridgehead atoms. The number of alkyl halides is 2. The van der Waals surface area contributed by atoms with Crippen LogP contribution < -0.4 is 10.6 Å². The number of amides is 1. The summed E-state index contributed by atoms with van der Waals surface area (Å²) in [5.41, 5.74) is 0. The van der Waals surface area contributed by atoms with E-state index in [0.717, 1.165) is 25.9 Å². The molecular weight excluding hydrogens is 178 g/mol. The molecule has 13 heavy (non-hydrogen) atoms. The van der Waals surface area contributed by atoms with Gasteiger partial charge in [0.05, 0.1) is 0 Å². The molecule has 1 heterocycles. The molecule has 3 nitrogen and oxygen atoms in total. The van der Waals surface area contributed by atoms with Crippen molar-refractivity contribution in [3.63, 3.8) is 0 Å². The average Bonchev–Trinajstić information content (AvgIpc) is 2.15. The zero-order valence-electron chi connectivity index (χ0n) is 7.35. The number of nitrogens with one attached hydrogen (secondary N) is 2. The van der Waals surface area contributed by atoms with Gasteiger partial charge in [0.15, 0.2) is 0 Å². The van der Waals surface area contributed by atoms with Gasteiger partial charge in [0, 0.05) is 6.54 Å². The van der Waals surface area contributed by atoms with Gasteiger partial charge in [-0.3, -0.25) is 4.79 Å². The third-order valence-electron chi connectivity index (χ3n) is 2.16. The zero-order chi connectivity index (χ0) is 9.68. The Morgan fingerprint density at radius 2 is 2.38 bits per heavy atom. The van der Waals surface area contributed by atoms with Crippen molar-refractivity contribution in [2.75, 3.05) is 19.6 Å². The molecule has 0 aromatic rings. The molecule has 0 radical (unpaired) electrons. The smallest absolute Gasteiger partial charge is 0.315 e. The van der Waals surface area contributed by atoms with Crippen LogP contribution in [0.1, 0.15) is 12.8 Å². The van der Waals surface area contributed by atoms with Crippen LogP contribution in [-0.2, 0) is 4.79 Å². The maximum absolute atomic E-state index is 11.8. The fourth-order valence-corrected chi connectivity index (χ4v) is 1.42. The Labute approximate surface area is 75.9 Å². The van der Waals surface area contributed by atoms with Gasteiger partial charge in [0.2, 0.25) is 0 Å². The van der Waals surface area contributed by atoms with E-state index < -0.39 is 12.3 Å². The Bertz CT molecular complexity index is 170. The number of halogens is 2. The summed E-state index contributed by atoms with van der Waals surface area (Å²) >= 11 is 0. The van der Waals surface area contributed by atoms with Gasteiger partial charge in [-0.2, -0.15) is 8.78 Å². The van der Waals surface area contributed by atoms with Crippen LogP contribution in [0.4, 0.5) is 8.78 Å². The standard InChI is InChI=1S/C8H14F2N2O/c9-7(10)8(13)12-5-6-2-1-3-11-4-6/h6-7,11H,1-5H2,(H,12,13). The SMILES string of the molecule is O=C(NCC1CCCNC1)C(F)F. The van der Waals surface area contributed by atoms with Crippen molar-refractivity contribution < 1.29 is 13.6 Å². The zero-order valence-corrected chi connectivity index (χ0v) is 7.35. The first-order valence-electron chi connectivity index (χ1n) is 4.46. The largest absolute Gasteiger partial charge is 0.351 e. The van der Waals surface area contributed by atoms with Gasteiger partial charge in [0.25, 0.3) is 5.91 Å². The van der Waals surface area contributed by atoms with Crippen LogP contribution in [0.25, 0.3) is 0 Å². The molecule has 0 aromatic heterocycles. The van der Waals surface area contributed by atoms with Crippen LogP contribution in [0, 0.1) is 5.92 Å². The molecule has 0 saturated carbocycles. The second-order valence-corrected chi connectivity index (χ2v) is 3.26. The highest BCUT2D eigenvalue weighted by molar-refractivity contribution is 5.78. The van der Waals surface area contributed by atoms with Crippen molar-refractivity contribution >= 4 is 5.91 Å². The van der Waals surface area contributed by atoms with E-state index in [1.165, 1.54) is 0 Å². The van der Waals surface area contributed by atoms with Gasteiger partial charge < -0.3 is 10.6 Å². The number of hydrogen-bond acceptors (Lipinski definition) is 2. The highest BCUT2D eigenvalue weighted by Gasteiger charge is 2.18. The van der Waals surface area contributed by atoms with E-state index in [2.05, 4.69) is 10.6 Å². The average molecular weight is 192 g/mol. The molecule has 76 valence electrons. The summed E-state index contributed by atoms with van der Waals surface area (Å²) in [6.45, 7) is 2.15. The van der Waals surface area contributed by atoms with Crippen molar-refractivity contribution in [1.82, 2.24) is 10.6 Å². The summed E-state index contributed by atoms with van der Waals surface area (Å²) in [4.78, 5) is 10.5. The molecule has 1 rings (SSSR count). The van der Waals surface area contributed by atoms with Gasteiger partial charge in [0.1, 0.15) is 0 Å². The summed E-state index contributed by atoms with van der Waals surface area (Å²) < 4.78 is 23.5. The third kappa shape index (κ3) is 3.67. The number of piperidine rings is 1. The summed E-state index contributed by atoms with van der Waals surface area (Å²) in [7, 11) is 0. The third-order valence-corrected chi connectivity index (χ3v) is 2.16. The fraction of sp³-hybridized carbons (Fsp3) is 0.875. The molecular formula is C8H14F2N2O. The number of rotatable bonds is 3. The molecule has 1 aliphatic rings. The Morgan fingerprint density at radius 3 is 2.92 bits per heavy atom. The monoisotopic (exact) mass is 192 g/mol. The first-order valence-corrected chi connectivity index (χ1v) is 4.46. The van der Waals surface area contributed by atoms with Crippen LogP contribution >= 0.6 is 0 Å². The van der Waals surface area contributed by atoms with E-state index in [4.69, 9.17) is 0 Å². The molecule has 1 aliphatic heterocycles. The topological polar surface area (TPSA) is 41.1 Å². The molecule has 0 aliphatic carbocycles. The van der Waals surface area contributed by atoms with Gasteiger partial charge in [-0.1, -0.05) is 0 Å². The Hall–Kier alpha value is -0.710. The Kier molecular flexibility index (Phi) is 4.08. The first-order chi connectivity index (χ1) is 6.20. The number of carbonyl (C=O) groups is 1. The van der Waals surface area contributed by atoms with Crippen molar-refractivity contribution in [1.29, 1.82) is 0 Å². The molecule has 1 fully saturated rings. The lowest BCUT2D eigenvalue weighted by molar-refractivity contribution is -0.131. The molecule has 5 heteroatoms. The van der Waals surface area contributed by atoms with Gasteiger partial charge in [-0.05, 0) is 31.8 Å². The summed E-state index contributed by atoms with van der Waals surface area (Å²) in [5, 5.41) is 5.37. The van der Waals surface area contributed by atoms with Crippen LogP contribution in [0.2, 0.25) is 0 Å². The normalized spacial score (nSPS) is 23.2. The van der Waals surface area contributed by atoms with E-state index in [-0.39, 0.29) is 0 Å². The lowest BCUT2D eigenvalue weighted by Gasteiger charge is -2.22. The molecule has 1 unspecified atom stereocenters. The van der Waals surface area contributed by atoms with Crippen LogP contribution in [0.3, 0.4) is 0 Å². The highest BCUT2D eigenvalue weighted by atomic mass is 19.3. The fourth-order valence-electron chi connectivity index (χ4n) is 1.42. The van der Waals surface area contributed by atoms with E-state index in [9.17, 15) is 13.6 Å². The molecule has 1 atom stereocenters. The van der Waals surface area contributed by atoms with E-state index >= 15 is 0 Å². The van der Waals surface area contributed by atoms with Crippen molar-refractivity contribution in [2.45, 2.75) is 19.3 Å². The minimum atomic E-state index is -2.89. The highest BCUT2D eigenvalue weighted by Crippen LogP contribution is 2.08. The van der Waals surface area contributed by atoms with Crippen molar-refractivity contribution in [3.8, 4) is 0 Å². The number of hydrogen-bond donors (Lipinski definition) is 2. The predicted octanol–water partition coefficient (Wildman–Crippen LogP) is 0.367. The number of carbonyl (C=O) groups excluding carboxylic acids is 1. The van der Waals surface area contributed by atoms with Crippen LogP contribution in [0.15, 0.2) is 0 Å². The van der Waals surface area contributed by atoms with Crippen molar-refractivity contribution in [2.24, 2.45) is 5.92 Å². The van der Waals surface area contributed by atoms with Crippen molar-refractivity contribution in [3.05, 3.63) is 0 Å². The second kappa shape index (κ2) is 5.11. The van der Waals surface area contributed by atoms with Gasteiger partial charge in [-0.25, -0.2) is 0 Å². The molecule has 1 saturated heterocycles. The molecule has 0 spiro atoms. The quantitative estimate of drug-likeness (QED) is 0.678. The van der Waals surface area contributed by atoms with Gasteiger partial charge in [-0.15, -0.1) is 0 Å². The maximum atomic E-state index is 11.8. The Balaban J connectivity index is 2.13. The first kappa shape index (κ1) is 10.4. The minimum absolute atomic E-state index is 0.302. The van der Waals surface area contributed by atoms with Crippen LogP contribution in [-0.4, -0.2) is 32.0 Å². The van der Waals surface area contributed by atoms with E-state index in [0.29, 0.717) is 12.5 Å². The minimum Gasteiger partial charge on any atom is -0.351 e.